The zero-order valence-corrected chi connectivity index (χ0v) is 19.5. The van der Waals surface area contributed by atoms with Crippen LogP contribution >= 0.6 is 15.9 Å². The number of rotatable bonds is 8. The molecule has 8 heteroatoms. The molecule has 6 nitrogen and oxygen atoms in total. The number of benzene rings is 3. The Bertz CT molecular complexity index is 1170. The Morgan fingerprint density at radius 3 is 2.42 bits per heavy atom. The first-order valence-electron chi connectivity index (χ1n) is 9.56. The number of hydrogen-bond acceptors (Lipinski definition) is 4. The van der Waals surface area contributed by atoms with Crippen LogP contribution in [0.3, 0.4) is 0 Å². The van der Waals surface area contributed by atoms with Gasteiger partial charge in [-0.15, -0.1) is 0 Å². The number of methoxy groups -OCH3 is 1. The fraction of sp³-hybridized carbons (Fsp3) is 0.174. The van der Waals surface area contributed by atoms with Crippen molar-refractivity contribution < 1.29 is 17.9 Å². The summed E-state index contributed by atoms with van der Waals surface area (Å²) >= 11 is 3.37. The minimum atomic E-state index is -3.95. The second-order valence-corrected chi connectivity index (χ2v) is 9.62. The van der Waals surface area contributed by atoms with Crippen molar-refractivity contribution in [3.63, 3.8) is 0 Å². The van der Waals surface area contributed by atoms with Crippen molar-refractivity contribution >= 4 is 37.5 Å². The lowest BCUT2D eigenvalue weighted by Crippen LogP contribution is -2.45. The Kier molecular flexibility index (Phi) is 7.48. The summed E-state index contributed by atoms with van der Waals surface area (Å²) in [6.45, 7) is 1.76. The number of carbonyl (C=O) groups excluding carboxylic acids is 1. The van der Waals surface area contributed by atoms with Crippen LogP contribution in [0.25, 0.3) is 0 Å². The van der Waals surface area contributed by atoms with Crippen LogP contribution in [0.5, 0.6) is 5.75 Å². The standard InChI is InChI=1S/C23H23BrN2O4S/c1-16-13-20(11-12-22(16)30-2)31(28,29)26-21(14-17-7-4-3-5-8-17)23(27)25-19-10-6-9-18(24)15-19/h3-13,15,21,26H,14H2,1-2H3,(H,25,27). The third-order valence-corrected chi connectivity index (χ3v) is 6.63. The van der Waals surface area contributed by atoms with E-state index in [1.807, 2.05) is 36.4 Å². The fourth-order valence-electron chi connectivity index (χ4n) is 3.11. The van der Waals surface area contributed by atoms with Gasteiger partial charge >= 0.3 is 0 Å². The van der Waals surface area contributed by atoms with Gasteiger partial charge in [0.2, 0.25) is 15.9 Å². The molecular formula is C23H23BrN2O4S. The Balaban J connectivity index is 1.88. The van der Waals surface area contributed by atoms with E-state index in [1.54, 1.807) is 31.2 Å². The number of ether oxygens (including phenoxy) is 1. The number of aryl methyl sites for hydroxylation is 1. The van der Waals surface area contributed by atoms with Gasteiger partial charge in [-0.05, 0) is 60.9 Å². The van der Waals surface area contributed by atoms with Crippen molar-refractivity contribution in [1.29, 1.82) is 0 Å². The third kappa shape index (κ3) is 6.16. The van der Waals surface area contributed by atoms with Crippen LogP contribution in [0.4, 0.5) is 5.69 Å². The van der Waals surface area contributed by atoms with Gasteiger partial charge in [0.05, 0.1) is 12.0 Å². The monoisotopic (exact) mass is 502 g/mol. The fourth-order valence-corrected chi connectivity index (χ4v) is 4.79. The summed E-state index contributed by atoms with van der Waals surface area (Å²) in [6.07, 6.45) is 0.203. The number of sulfonamides is 1. The Hall–Kier alpha value is -2.68. The number of nitrogens with one attached hydrogen (secondary N) is 2. The highest BCUT2D eigenvalue weighted by atomic mass is 79.9. The highest BCUT2D eigenvalue weighted by Crippen LogP contribution is 2.22. The number of amides is 1. The molecule has 162 valence electrons. The predicted octanol–water partition coefficient (Wildman–Crippen LogP) is 4.29. The molecule has 2 N–H and O–H groups in total. The van der Waals surface area contributed by atoms with Crippen molar-refractivity contribution in [3.8, 4) is 5.75 Å². The van der Waals surface area contributed by atoms with Gasteiger partial charge in [-0.2, -0.15) is 4.72 Å². The molecule has 0 aliphatic carbocycles. The van der Waals surface area contributed by atoms with Gasteiger partial charge in [-0.1, -0.05) is 52.3 Å². The van der Waals surface area contributed by atoms with Gasteiger partial charge in [0, 0.05) is 10.2 Å². The third-order valence-electron chi connectivity index (χ3n) is 4.67. The topological polar surface area (TPSA) is 84.5 Å². The number of carbonyl (C=O) groups is 1. The average Bonchev–Trinajstić information content (AvgIpc) is 2.74. The van der Waals surface area contributed by atoms with Crippen molar-refractivity contribution in [3.05, 3.63) is 88.4 Å². The minimum Gasteiger partial charge on any atom is -0.496 e. The van der Waals surface area contributed by atoms with Crippen LogP contribution in [0.15, 0.2) is 82.2 Å². The smallest absolute Gasteiger partial charge is 0.242 e. The molecule has 3 aromatic rings. The maximum Gasteiger partial charge on any atom is 0.242 e. The van der Waals surface area contributed by atoms with E-state index in [0.717, 1.165) is 10.0 Å². The van der Waals surface area contributed by atoms with Crippen molar-refractivity contribution in [2.45, 2.75) is 24.3 Å². The first-order chi connectivity index (χ1) is 14.8. The SMILES string of the molecule is COc1ccc(S(=O)(=O)NC(Cc2ccccc2)C(=O)Nc2cccc(Br)c2)cc1C. The second-order valence-electron chi connectivity index (χ2n) is 6.99. The van der Waals surface area contributed by atoms with Gasteiger partial charge < -0.3 is 10.1 Å². The van der Waals surface area contributed by atoms with Gasteiger partial charge in [0.15, 0.2) is 0 Å². The van der Waals surface area contributed by atoms with Gasteiger partial charge in [0.25, 0.3) is 0 Å². The summed E-state index contributed by atoms with van der Waals surface area (Å²) in [7, 11) is -2.42. The summed E-state index contributed by atoms with van der Waals surface area (Å²) in [6, 6.07) is 19.9. The summed E-state index contributed by atoms with van der Waals surface area (Å²) in [5, 5.41) is 2.79. The summed E-state index contributed by atoms with van der Waals surface area (Å²) < 4.78 is 34.7. The van der Waals surface area contributed by atoms with E-state index in [1.165, 1.54) is 19.2 Å². The van der Waals surface area contributed by atoms with E-state index in [0.29, 0.717) is 17.0 Å². The molecule has 31 heavy (non-hydrogen) atoms. The normalized spacial score (nSPS) is 12.2. The molecule has 0 aliphatic rings. The molecule has 3 aromatic carbocycles. The van der Waals surface area contributed by atoms with E-state index in [2.05, 4.69) is 26.0 Å². The van der Waals surface area contributed by atoms with Crippen LogP contribution in [-0.2, 0) is 21.2 Å². The van der Waals surface area contributed by atoms with Crippen molar-refractivity contribution in [2.75, 3.05) is 12.4 Å². The molecule has 0 saturated heterocycles. The molecule has 0 aromatic heterocycles. The Morgan fingerprint density at radius 1 is 1.03 bits per heavy atom. The van der Waals surface area contributed by atoms with Gasteiger partial charge in [-0.25, -0.2) is 8.42 Å². The largest absolute Gasteiger partial charge is 0.496 e. The number of anilines is 1. The summed E-state index contributed by atoms with van der Waals surface area (Å²) in [4.78, 5) is 13.1. The molecule has 1 amide bonds. The van der Waals surface area contributed by atoms with E-state index < -0.39 is 22.0 Å². The first kappa shape index (κ1) is 23.0. The highest BCUT2D eigenvalue weighted by Gasteiger charge is 2.26. The molecule has 0 bridgehead atoms. The second kappa shape index (κ2) is 10.1. The molecule has 0 aliphatic heterocycles. The van der Waals surface area contributed by atoms with E-state index in [-0.39, 0.29) is 11.3 Å². The predicted molar refractivity (Wildman–Crippen MR) is 125 cm³/mol. The lowest BCUT2D eigenvalue weighted by atomic mass is 10.1. The first-order valence-corrected chi connectivity index (χ1v) is 11.8. The lowest BCUT2D eigenvalue weighted by Gasteiger charge is -2.19. The lowest BCUT2D eigenvalue weighted by molar-refractivity contribution is -0.117. The zero-order chi connectivity index (χ0) is 22.4. The van der Waals surface area contributed by atoms with E-state index >= 15 is 0 Å². The molecule has 3 rings (SSSR count). The molecule has 1 atom stereocenters. The molecule has 0 radical (unpaired) electrons. The maximum absolute atomic E-state index is 13.1. The van der Waals surface area contributed by atoms with Gasteiger partial charge in [-0.3, -0.25) is 4.79 Å². The maximum atomic E-state index is 13.1. The molecule has 0 spiro atoms. The van der Waals surface area contributed by atoms with Crippen LogP contribution in [0, 0.1) is 6.92 Å². The molecule has 1 unspecified atom stereocenters. The molecular weight excluding hydrogens is 480 g/mol. The van der Waals surface area contributed by atoms with Crippen LogP contribution in [0.2, 0.25) is 0 Å². The Labute approximate surface area is 190 Å². The molecule has 0 saturated carbocycles. The van der Waals surface area contributed by atoms with Crippen LogP contribution in [-0.4, -0.2) is 27.5 Å². The summed E-state index contributed by atoms with van der Waals surface area (Å²) in [5.74, 6) is 0.142. The van der Waals surface area contributed by atoms with Crippen LogP contribution in [0.1, 0.15) is 11.1 Å². The number of halogens is 1. The van der Waals surface area contributed by atoms with Crippen LogP contribution < -0.4 is 14.8 Å². The quantitative estimate of drug-likeness (QED) is 0.480. The highest BCUT2D eigenvalue weighted by molar-refractivity contribution is 9.10. The number of hydrogen-bond donors (Lipinski definition) is 2. The minimum absolute atomic E-state index is 0.0686. The van der Waals surface area contributed by atoms with E-state index in [9.17, 15) is 13.2 Å². The summed E-state index contributed by atoms with van der Waals surface area (Å²) in [5.41, 5.74) is 2.09. The molecule has 0 heterocycles. The average molecular weight is 503 g/mol. The zero-order valence-electron chi connectivity index (χ0n) is 17.1. The van der Waals surface area contributed by atoms with Gasteiger partial charge in [0.1, 0.15) is 11.8 Å². The van der Waals surface area contributed by atoms with Crippen molar-refractivity contribution in [2.24, 2.45) is 0 Å². The van der Waals surface area contributed by atoms with Crippen molar-refractivity contribution in [1.82, 2.24) is 4.72 Å². The Morgan fingerprint density at radius 2 is 1.77 bits per heavy atom. The van der Waals surface area contributed by atoms with E-state index in [4.69, 9.17) is 4.74 Å². The molecule has 0 fully saturated rings.